The molecule has 0 bridgehead atoms. The van der Waals surface area contributed by atoms with E-state index in [-0.39, 0.29) is 18.9 Å². The second-order valence-electron chi connectivity index (χ2n) is 7.37. The van der Waals surface area contributed by atoms with Gasteiger partial charge < -0.3 is 5.32 Å². The van der Waals surface area contributed by atoms with Gasteiger partial charge in [0.2, 0.25) is 15.9 Å². The molecule has 158 valence electrons. The van der Waals surface area contributed by atoms with Gasteiger partial charge in [0.15, 0.2) is 0 Å². The van der Waals surface area contributed by atoms with Crippen LogP contribution >= 0.6 is 0 Å². The zero-order valence-electron chi connectivity index (χ0n) is 17.5. The number of carbonyl (C=O) groups is 1. The first-order valence-electron chi connectivity index (χ1n) is 10.2. The van der Waals surface area contributed by atoms with Gasteiger partial charge in [0.25, 0.3) is 0 Å². The van der Waals surface area contributed by atoms with E-state index in [0.717, 1.165) is 28.3 Å². The summed E-state index contributed by atoms with van der Waals surface area (Å²) in [6.45, 7) is 2.78. The van der Waals surface area contributed by atoms with Gasteiger partial charge in [0, 0.05) is 19.5 Å². The Labute approximate surface area is 178 Å². The molecule has 0 aromatic heterocycles. The lowest BCUT2D eigenvalue weighted by molar-refractivity contribution is -0.121. The molecular formula is C24H28N2O3S. The lowest BCUT2D eigenvalue weighted by Gasteiger charge is -2.22. The molecule has 30 heavy (non-hydrogen) atoms. The predicted molar refractivity (Wildman–Crippen MR) is 123 cm³/mol. The van der Waals surface area contributed by atoms with E-state index in [1.54, 1.807) is 0 Å². The van der Waals surface area contributed by atoms with E-state index in [0.29, 0.717) is 18.7 Å². The second kappa shape index (κ2) is 9.76. The first-order valence-corrected chi connectivity index (χ1v) is 12.0. The Kier molecular flexibility index (Phi) is 7.11. The van der Waals surface area contributed by atoms with Crippen LogP contribution in [0.15, 0.2) is 66.7 Å². The Morgan fingerprint density at radius 3 is 2.37 bits per heavy atom. The van der Waals surface area contributed by atoms with Crippen molar-refractivity contribution in [1.82, 2.24) is 5.32 Å². The molecule has 1 amide bonds. The number of rotatable bonds is 9. The van der Waals surface area contributed by atoms with Crippen molar-refractivity contribution < 1.29 is 13.2 Å². The molecule has 0 radical (unpaired) electrons. The van der Waals surface area contributed by atoms with Crippen LogP contribution in [0.5, 0.6) is 0 Å². The molecule has 0 fully saturated rings. The molecule has 0 atom stereocenters. The van der Waals surface area contributed by atoms with Crippen molar-refractivity contribution in [2.45, 2.75) is 32.7 Å². The fourth-order valence-corrected chi connectivity index (χ4v) is 4.46. The third kappa shape index (κ3) is 5.60. The molecule has 0 aliphatic carbocycles. The number of nitrogens with one attached hydrogen (secondary N) is 1. The zero-order chi connectivity index (χ0) is 21.6. The minimum atomic E-state index is -3.41. The molecule has 6 heteroatoms. The summed E-state index contributed by atoms with van der Waals surface area (Å²) in [5.74, 6) is -0.0854. The molecule has 5 nitrogen and oxygen atoms in total. The molecule has 3 aromatic carbocycles. The number of amides is 1. The molecule has 0 aliphatic heterocycles. The van der Waals surface area contributed by atoms with Crippen molar-refractivity contribution in [3.8, 4) is 0 Å². The summed E-state index contributed by atoms with van der Waals surface area (Å²) in [6.07, 6.45) is 2.81. The average molecular weight is 425 g/mol. The molecule has 0 saturated heterocycles. The minimum Gasteiger partial charge on any atom is -0.352 e. The fourth-order valence-electron chi connectivity index (χ4n) is 3.50. The van der Waals surface area contributed by atoms with E-state index in [2.05, 4.69) is 12.2 Å². The number of hydrogen-bond donors (Lipinski definition) is 1. The average Bonchev–Trinajstić information content (AvgIpc) is 2.74. The first kappa shape index (κ1) is 21.8. The fraction of sp³-hybridized carbons (Fsp3) is 0.292. The Morgan fingerprint density at radius 2 is 1.67 bits per heavy atom. The van der Waals surface area contributed by atoms with E-state index in [1.165, 1.54) is 10.6 Å². The number of anilines is 1. The second-order valence-corrected chi connectivity index (χ2v) is 9.28. The van der Waals surface area contributed by atoms with Gasteiger partial charge >= 0.3 is 0 Å². The third-order valence-electron chi connectivity index (χ3n) is 5.15. The van der Waals surface area contributed by atoms with Gasteiger partial charge in [-0.15, -0.1) is 0 Å². The van der Waals surface area contributed by atoms with Crippen LogP contribution in [0.2, 0.25) is 0 Å². The number of fused-ring (bicyclic) bond motifs is 1. The molecular weight excluding hydrogens is 396 g/mol. The molecule has 0 aliphatic rings. The van der Waals surface area contributed by atoms with Crippen molar-refractivity contribution in [2.75, 3.05) is 17.1 Å². The highest BCUT2D eigenvalue weighted by atomic mass is 32.2. The van der Waals surface area contributed by atoms with Crippen LogP contribution in [0, 0.1) is 0 Å². The Balaban J connectivity index is 1.56. The summed E-state index contributed by atoms with van der Waals surface area (Å²) in [5, 5.41) is 5.22. The van der Waals surface area contributed by atoms with Crippen molar-refractivity contribution in [1.29, 1.82) is 0 Å². The maximum atomic E-state index is 12.3. The van der Waals surface area contributed by atoms with E-state index in [9.17, 15) is 13.2 Å². The van der Waals surface area contributed by atoms with Crippen LogP contribution in [-0.4, -0.2) is 27.1 Å². The van der Waals surface area contributed by atoms with Crippen LogP contribution in [0.4, 0.5) is 5.69 Å². The van der Waals surface area contributed by atoms with Crippen molar-refractivity contribution in [3.63, 3.8) is 0 Å². The maximum Gasteiger partial charge on any atom is 0.232 e. The van der Waals surface area contributed by atoms with Crippen molar-refractivity contribution in [3.05, 3.63) is 77.9 Å². The number of nitrogens with zero attached hydrogens (tertiary/aromatic N) is 1. The quantitative estimate of drug-likeness (QED) is 0.558. The van der Waals surface area contributed by atoms with Gasteiger partial charge in [0.1, 0.15) is 0 Å². The van der Waals surface area contributed by atoms with Crippen LogP contribution in [-0.2, 0) is 27.8 Å². The van der Waals surface area contributed by atoms with Crippen LogP contribution in [0.25, 0.3) is 10.8 Å². The lowest BCUT2D eigenvalue weighted by Crippen LogP contribution is -2.32. The summed E-state index contributed by atoms with van der Waals surface area (Å²) in [4.78, 5) is 12.3. The minimum absolute atomic E-state index is 0.0854. The van der Waals surface area contributed by atoms with Crippen LogP contribution in [0.3, 0.4) is 0 Å². The predicted octanol–water partition coefficient (Wildman–Crippen LogP) is 4.26. The highest BCUT2D eigenvalue weighted by Crippen LogP contribution is 2.20. The Bertz CT molecular complexity index is 1100. The number of sulfonamides is 1. The smallest absolute Gasteiger partial charge is 0.232 e. The van der Waals surface area contributed by atoms with Crippen molar-refractivity contribution >= 4 is 32.4 Å². The molecule has 0 spiro atoms. The molecule has 1 N–H and O–H groups in total. The number of benzene rings is 3. The molecule has 3 rings (SSSR count). The SMILES string of the molecule is CCc1ccc(N(CCCC(=O)NCc2cccc3ccccc23)S(C)(=O)=O)cc1. The van der Waals surface area contributed by atoms with E-state index >= 15 is 0 Å². The van der Waals surface area contributed by atoms with Crippen LogP contribution < -0.4 is 9.62 Å². The Morgan fingerprint density at radius 1 is 0.967 bits per heavy atom. The molecule has 0 unspecified atom stereocenters. The van der Waals surface area contributed by atoms with Crippen LogP contribution in [0.1, 0.15) is 30.9 Å². The van der Waals surface area contributed by atoms with Gasteiger partial charge in [0.05, 0.1) is 11.9 Å². The highest BCUT2D eigenvalue weighted by Gasteiger charge is 2.17. The summed E-state index contributed by atoms with van der Waals surface area (Å²) in [6, 6.07) is 21.6. The lowest BCUT2D eigenvalue weighted by atomic mass is 10.0. The summed E-state index contributed by atoms with van der Waals surface area (Å²) < 4.78 is 25.8. The molecule has 0 saturated carbocycles. The standard InChI is InChI=1S/C24H28N2O3S/c1-3-19-13-15-22(16-14-19)26(30(2,28)29)17-7-12-24(27)25-18-21-10-6-9-20-8-4-5-11-23(20)21/h4-6,8-11,13-16H,3,7,12,17-18H2,1-2H3,(H,25,27). The van der Waals surface area contributed by atoms with Gasteiger partial charge in [-0.1, -0.05) is 61.5 Å². The Hall–Kier alpha value is -2.86. The largest absolute Gasteiger partial charge is 0.352 e. The van der Waals surface area contributed by atoms with Gasteiger partial charge in [-0.3, -0.25) is 9.10 Å². The van der Waals surface area contributed by atoms with Gasteiger partial charge in [-0.05, 0) is 46.9 Å². The number of aryl methyl sites for hydroxylation is 1. The van der Waals surface area contributed by atoms with Crippen molar-refractivity contribution in [2.24, 2.45) is 0 Å². The van der Waals surface area contributed by atoms with E-state index < -0.39 is 10.0 Å². The summed E-state index contributed by atoms with van der Waals surface area (Å²) >= 11 is 0. The zero-order valence-corrected chi connectivity index (χ0v) is 18.3. The monoisotopic (exact) mass is 424 g/mol. The molecule has 0 heterocycles. The van der Waals surface area contributed by atoms with E-state index in [1.807, 2.05) is 66.7 Å². The summed E-state index contributed by atoms with van der Waals surface area (Å²) in [7, 11) is -3.41. The number of hydrogen-bond acceptors (Lipinski definition) is 3. The number of carbonyl (C=O) groups excluding carboxylic acids is 1. The highest BCUT2D eigenvalue weighted by molar-refractivity contribution is 7.92. The maximum absolute atomic E-state index is 12.3. The van der Waals surface area contributed by atoms with Gasteiger partial charge in [-0.2, -0.15) is 0 Å². The first-order chi connectivity index (χ1) is 14.4. The normalized spacial score (nSPS) is 11.4. The summed E-state index contributed by atoms with van der Waals surface area (Å²) in [5.41, 5.74) is 2.85. The van der Waals surface area contributed by atoms with Gasteiger partial charge in [-0.25, -0.2) is 8.42 Å². The third-order valence-corrected chi connectivity index (χ3v) is 6.35. The van der Waals surface area contributed by atoms with E-state index in [4.69, 9.17) is 0 Å². The topological polar surface area (TPSA) is 66.5 Å². The molecule has 3 aromatic rings.